The fraction of sp³-hybridized carbons (Fsp3) is 0.658. The number of allylic oxidation sites excluding steroid dienone is 1. The van der Waals surface area contributed by atoms with Gasteiger partial charge in [-0.2, -0.15) is 0 Å². The third-order valence-corrected chi connectivity index (χ3v) is 8.28. The third-order valence-electron chi connectivity index (χ3n) is 8.28. The fourth-order valence-corrected chi connectivity index (χ4v) is 5.42. The second-order valence-electron chi connectivity index (χ2n) is 12.9. The van der Waals surface area contributed by atoms with Crippen molar-refractivity contribution >= 4 is 29.6 Å². The van der Waals surface area contributed by atoms with Crippen molar-refractivity contribution in [3.63, 3.8) is 0 Å². The molecule has 0 fully saturated rings. The normalized spacial score (nSPS) is 13.8. The number of carbonyl (C=O) groups excluding carboxylic acids is 5. The van der Waals surface area contributed by atoms with Gasteiger partial charge in [0.25, 0.3) is 0 Å². The molecule has 1 aromatic rings. The number of hydrogen-bond donors (Lipinski definition) is 3. The highest BCUT2D eigenvalue weighted by atomic mass is 16.6. The molecule has 0 aliphatic rings. The largest absolute Gasteiger partial charge is 0.508 e. The van der Waals surface area contributed by atoms with Crippen molar-refractivity contribution < 1.29 is 48.4 Å². The van der Waals surface area contributed by atoms with Crippen molar-refractivity contribution in [3.05, 3.63) is 42.0 Å². The number of benzene rings is 1. The SMILES string of the molecule is CCCCCCCCCC(=O)CCCCCC/C=C/[C@H](C(=O)N[C@@H](Cc1ccc(O)cc1)C(=O)OC)[C@@](O)(CC(=O)OC)C(=O)OC(C)C. The van der Waals surface area contributed by atoms with E-state index in [4.69, 9.17) is 14.2 Å². The van der Waals surface area contributed by atoms with Gasteiger partial charge < -0.3 is 29.7 Å². The van der Waals surface area contributed by atoms with E-state index in [9.17, 15) is 34.2 Å². The van der Waals surface area contributed by atoms with E-state index in [0.29, 0.717) is 30.6 Å². The molecule has 49 heavy (non-hydrogen) atoms. The zero-order valence-corrected chi connectivity index (χ0v) is 30.2. The number of amides is 1. The van der Waals surface area contributed by atoms with Crippen molar-refractivity contribution in [2.75, 3.05) is 14.2 Å². The summed E-state index contributed by atoms with van der Waals surface area (Å²) in [6, 6.07) is 4.81. The van der Waals surface area contributed by atoms with Crippen LogP contribution in [-0.2, 0) is 44.6 Å². The maximum atomic E-state index is 13.8. The van der Waals surface area contributed by atoms with Crippen LogP contribution in [0.2, 0.25) is 0 Å². The highest BCUT2D eigenvalue weighted by Gasteiger charge is 2.50. The first-order valence-corrected chi connectivity index (χ1v) is 17.7. The lowest BCUT2D eigenvalue weighted by Gasteiger charge is -2.32. The topological polar surface area (TPSA) is 166 Å². The lowest BCUT2D eigenvalue weighted by atomic mass is 9.82. The number of phenols is 1. The number of aromatic hydroxyl groups is 1. The monoisotopic (exact) mass is 689 g/mol. The van der Waals surface area contributed by atoms with Gasteiger partial charge in [-0.3, -0.25) is 14.4 Å². The van der Waals surface area contributed by atoms with Crippen LogP contribution in [0.4, 0.5) is 0 Å². The second-order valence-corrected chi connectivity index (χ2v) is 12.9. The van der Waals surface area contributed by atoms with E-state index in [0.717, 1.165) is 52.7 Å². The predicted octanol–water partition coefficient (Wildman–Crippen LogP) is 6.06. The number of methoxy groups -OCH3 is 2. The predicted molar refractivity (Wildman–Crippen MR) is 187 cm³/mol. The summed E-state index contributed by atoms with van der Waals surface area (Å²) in [5.41, 5.74) is -2.04. The smallest absolute Gasteiger partial charge is 0.340 e. The van der Waals surface area contributed by atoms with E-state index >= 15 is 0 Å². The maximum Gasteiger partial charge on any atom is 0.340 e. The van der Waals surface area contributed by atoms with E-state index in [2.05, 4.69) is 12.2 Å². The molecule has 0 radical (unpaired) electrons. The van der Waals surface area contributed by atoms with E-state index < -0.39 is 53.9 Å². The Balaban J connectivity index is 2.94. The van der Waals surface area contributed by atoms with E-state index in [1.165, 1.54) is 50.3 Å². The number of phenolic OH excluding ortho intramolecular Hbond substituents is 1. The summed E-state index contributed by atoms with van der Waals surface area (Å²) in [5.74, 6) is -5.11. The molecule has 0 aliphatic heterocycles. The Kier molecular flexibility index (Phi) is 21.6. The molecule has 1 amide bonds. The molecular formula is C38H59NO10. The number of aliphatic hydroxyl groups is 1. The summed E-state index contributed by atoms with van der Waals surface area (Å²) in [7, 11) is 2.26. The summed E-state index contributed by atoms with van der Waals surface area (Å²) < 4.78 is 14.9. The number of rotatable bonds is 26. The molecule has 11 nitrogen and oxygen atoms in total. The average Bonchev–Trinajstić information content (AvgIpc) is 3.06. The standard InChI is InChI=1S/C38H59NO10/c1-6-7-8-9-10-13-16-19-30(40)20-17-14-11-12-15-18-21-32(38(46,27-34(42)47-4)37(45)49-28(2)3)35(43)39-33(36(44)48-5)26-29-22-24-31(41)25-23-29/h18,21-25,28,32-33,41,46H,6-17,19-20,26-27H2,1-5H3,(H,39,43)/b21-18+/t32-,33+,38+/m1/s1. The molecule has 3 N–H and O–H groups in total. The van der Waals surface area contributed by atoms with Gasteiger partial charge in [-0.15, -0.1) is 0 Å². The highest BCUT2D eigenvalue weighted by Crippen LogP contribution is 2.28. The zero-order chi connectivity index (χ0) is 36.7. The van der Waals surface area contributed by atoms with Crippen LogP contribution in [0.5, 0.6) is 5.75 Å². The number of nitrogens with one attached hydrogen (secondary N) is 1. The molecule has 0 aliphatic carbocycles. The van der Waals surface area contributed by atoms with Crippen molar-refractivity contribution in [2.24, 2.45) is 5.92 Å². The molecule has 11 heteroatoms. The fourth-order valence-electron chi connectivity index (χ4n) is 5.42. The number of ether oxygens (including phenoxy) is 3. The molecule has 1 rings (SSSR count). The van der Waals surface area contributed by atoms with Gasteiger partial charge in [-0.05, 0) is 57.2 Å². The number of unbranched alkanes of at least 4 members (excludes halogenated alkanes) is 10. The maximum absolute atomic E-state index is 13.8. The molecule has 0 saturated heterocycles. The highest BCUT2D eigenvalue weighted by molar-refractivity contribution is 5.95. The minimum atomic E-state index is -2.65. The molecule has 0 spiro atoms. The minimum absolute atomic E-state index is 0.0114. The van der Waals surface area contributed by atoms with Crippen LogP contribution in [0.25, 0.3) is 0 Å². The first-order chi connectivity index (χ1) is 23.4. The molecular weight excluding hydrogens is 630 g/mol. The molecule has 0 unspecified atom stereocenters. The minimum Gasteiger partial charge on any atom is -0.508 e. The van der Waals surface area contributed by atoms with Gasteiger partial charge >= 0.3 is 17.9 Å². The van der Waals surface area contributed by atoms with E-state index in [1.807, 2.05) is 0 Å². The number of ketones is 1. The molecule has 0 heterocycles. The zero-order valence-electron chi connectivity index (χ0n) is 30.2. The first-order valence-electron chi connectivity index (χ1n) is 17.7. The van der Waals surface area contributed by atoms with Crippen molar-refractivity contribution in [3.8, 4) is 5.75 Å². The number of Topliss-reactive ketones (excluding diaryl/α,β-unsaturated/α-hetero) is 1. The number of carbonyl (C=O) groups is 5. The summed E-state index contributed by atoms with van der Waals surface area (Å²) in [5, 5.41) is 23.9. The Bertz CT molecular complexity index is 1180. The van der Waals surface area contributed by atoms with Crippen LogP contribution in [0.3, 0.4) is 0 Å². The van der Waals surface area contributed by atoms with Gasteiger partial charge in [-0.1, -0.05) is 82.6 Å². The summed E-state index contributed by atoms with van der Waals surface area (Å²) >= 11 is 0. The van der Waals surface area contributed by atoms with Crippen LogP contribution < -0.4 is 5.32 Å². The van der Waals surface area contributed by atoms with Crippen molar-refractivity contribution in [1.82, 2.24) is 5.32 Å². The lowest BCUT2D eigenvalue weighted by Crippen LogP contribution is -2.56. The third kappa shape index (κ3) is 17.5. The van der Waals surface area contributed by atoms with Gasteiger partial charge in [0.2, 0.25) is 5.91 Å². The Morgan fingerprint density at radius 1 is 0.837 bits per heavy atom. The van der Waals surface area contributed by atoms with Crippen LogP contribution in [0, 0.1) is 5.92 Å². The Labute approximate surface area is 292 Å². The van der Waals surface area contributed by atoms with Crippen LogP contribution in [0.15, 0.2) is 36.4 Å². The van der Waals surface area contributed by atoms with Gasteiger partial charge in [0.1, 0.15) is 17.6 Å². The van der Waals surface area contributed by atoms with Gasteiger partial charge in [-0.25, -0.2) is 9.59 Å². The van der Waals surface area contributed by atoms with Crippen LogP contribution in [-0.4, -0.2) is 71.8 Å². The number of hydrogen-bond acceptors (Lipinski definition) is 10. The summed E-state index contributed by atoms with van der Waals surface area (Å²) in [6.45, 7) is 5.33. The first kappa shape index (κ1) is 43.3. The van der Waals surface area contributed by atoms with Crippen molar-refractivity contribution in [1.29, 1.82) is 0 Å². The molecule has 0 bridgehead atoms. The molecule has 3 atom stereocenters. The summed E-state index contributed by atoms with van der Waals surface area (Å²) in [6.07, 6.45) is 14.6. The average molecular weight is 690 g/mol. The molecule has 276 valence electrons. The van der Waals surface area contributed by atoms with Crippen molar-refractivity contribution in [2.45, 2.75) is 141 Å². The second kappa shape index (κ2) is 24.4. The van der Waals surface area contributed by atoms with E-state index in [-0.39, 0.29) is 12.2 Å². The Morgan fingerprint density at radius 3 is 1.96 bits per heavy atom. The van der Waals surface area contributed by atoms with Crippen LogP contribution in [0.1, 0.15) is 123 Å². The molecule has 0 saturated carbocycles. The number of esters is 3. The van der Waals surface area contributed by atoms with E-state index in [1.54, 1.807) is 32.1 Å². The van der Waals surface area contributed by atoms with Gasteiger partial charge in [0.05, 0.1) is 32.7 Å². The van der Waals surface area contributed by atoms with Crippen LogP contribution >= 0.6 is 0 Å². The molecule has 0 aromatic heterocycles. The Morgan fingerprint density at radius 2 is 1.41 bits per heavy atom. The van der Waals surface area contributed by atoms with Gasteiger partial charge in [0, 0.05) is 19.3 Å². The molecule has 1 aromatic carbocycles. The van der Waals surface area contributed by atoms with Gasteiger partial charge in [0.15, 0.2) is 5.60 Å². The summed E-state index contributed by atoms with van der Waals surface area (Å²) in [4.78, 5) is 64.3. The lowest BCUT2D eigenvalue weighted by molar-refractivity contribution is -0.181. The Hall–Kier alpha value is -3.73. The quantitative estimate of drug-likeness (QED) is 0.0451.